The summed E-state index contributed by atoms with van der Waals surface area (Å²) >= 11 is 0. The lowest BCUT2D eigenvalue weighted by Gasteiger charge is -2.03. The molecule has 0 spiro atoms. The largest absolute Gasteiger partial charge is 0.481 e. The fraction of sp³-hybridized carbons (Fsp3) is 0.375. The molecule has 0 aliphatic carbocycles. The zero-order chi connectivity index (χ0) is 7.98. The van der Waals surface area contributed by atoms with Crippen LogP contribution in [0.4, 0.5) is 0 Å². The van der Waals surface area contributed by atoms with Gasteiger partial charge in [-0.25, -0.2) is 0 Å². The van der Waals surface area contributed by atoms with Gasteiger partial charge in [-0.05, 0) is 6.42 Å². The lowest BCUT2D eigenvalue weighted by molar-refractivity contribution is -0.141. The Morgan fingerprint density at radius 1 is 1.90 bits per heavy atom. The molecule has 0 aromatic carbocycles. The van der Waals surface area contributed by atoms with Crippen molar-refractivity contribution in [2.45, 2.75) is 12.8 Å². The third-order valence-corrected chi connectivity index (χ3v) is 1.16. The van der Waals surface area contributed by atoms with Gasteiger partial charge in [-0.3, -0.25) is 4.79 Å². The molecule has 2 nitrogen and oxygen atoms in total. The van der Waals surface area contributed by atoms with E-state index in [2.05, 4.69) is 12.5 Å². The Hall–Kier alpha value is -1.23. The quantitative estimate of drug-likeness (QED) is 0.469. The summed E-state index contributed by atoms with van der Waals surface area (Å²) in [7, 11) is 0. The maximum atomic E-state index is 10.3. The van der Waals surface area contributed by atoms with E-state index in [1.54, 1.807) is 6.08 Å². The third kappa shape index (κ3) is 2.93. The molecule has 10 heavy (non-hydrogen) atoms. The summed E-state index contributed by atoms with van der Waals surface area (Å²) in [6, 6.07) is 0. The Morgan fingerprint density at radius 2 is 2.50 bits per heavy atom. The molecule has 0 radical (unpaired) electrons. The van der Waals surface area contributed by atoms with Gasteiger partial charge in [0, 0.05) is 6.42 Å². The average molecular weight is 138 g/mol. The third-order valence-electron chi connectivity index (χ3n) is 1.16. The number of hydrogen-bond donors (Lipinski definition) is 1. The number of carboxylic acid groups (broad SMARTS) is 1. The number of hydrogen-bond acceptors (Lipinski definition) is 1. The summed E-state index contributed by atoms with van der Waals surface area (Å²) in [5.74, 6) is 1.00. The first-order valence-electron chi connectivity index (χ1n) is 2.99. The van der Waals surface area contributed by atoms with Crippen LogP contribution < -0.4 is 0 Å². The highest BCUT2D eigenvalue weighted by Gasteiger charge is 2.12. The zero-order valence-electron chi connectivity index (χ0n) is 5.71. The van der Waals surface area contributed by atoms with E-state index in [4.69, 9.17) is 11.5 Å². The molecule has 0 aliphatic heterocycles. The first kappa shape index (κ1) is 8.77. The van der Waals surface area contributed by atoms with Gasteiger partial charge in [0.05, 0.1) is 5.92 Å². The molecule has 1 atom stereocenters. The molecule has 2 heteroatoms. The SMILES string of the molecule is C#CCC(CC=C)C(=O)O. The van der Waals surface area contributed by atoms with Crippen molar-refractivity contribution in [2.75, 3.05) is 0 Å². The monoisotopic (exact) mass is 138 g/mol. The molecule has 0 heterocycles. The van der Waals surface area contributed by atoms with Crippen molar-refractivity contribution in [3.05, 3.63) is 12.7 Å². The van der Waals surface area contributed by atoms with E-state index < -0.39 is 11.9 Å². The van der Waals surface area contributed by atoms with Crippen molar-refractivity contribution in [1.29, 1.82) is 0 Å². The predicted octanol–water partition coefficient (Wildman–Crippen LogP) is 1.29. The van der Waals surface area contributed by atoms with Crippen molar-refractivity contribution in [3.63, 3.8) is 0 Å². The van der Waals surface area contributed by atoms with Crippen LogP contribution in [-0.4, -0.2) is 11.1 Å². The molecule has 0 saturated carbocycles. The molecule has 0 bridgehead atoms. The molecule has 0 aromatic heterocycles. The van der Waals surface area contributed by atoms with Crippen molar-refractivity contribution in [1.82, 2.24) is 0 Å². The van der Waals surface area contributed by atoms with Crippen LogP contribution in [-0.2, 0) is 4.79 Å². The smallest absolute Gasteiger partial charge is 0.307 e. The normalized spacial score (nSPS) is 11.5. The van der Waals surface area contributed by atoms with E-state index in [1.165, 1.54) is 0 Å². The van der Waals surface area contributed by atoms with Crippen LogP contribution in [0, 0.1) is 18.3 Å². The number of allylic oxidation sites excluding steroid dienone is 1. The van der Waals surface area contributed by atoms with E-state index in [0.717, 1.165) is 0 Å². The summed E-state index contributed by atoms with van der Waals surface area (Å²) in [6.07, 6.45) is 7.24. The number of carboxylic acids is 1. The summed E-state index contributed by atoms with van der Waals surface area (Å²) in [5, 5.41) is 8.49. The molecule has 0 saturated heterocycles. The molecular weight excluding hydrogens is 128 g/mol. The predicted molar refractivity (Wildman–Crippen MR) is 39.4 cm³/mol. The molecule has 0 rings (SSSR count). The second-order valence-electron chi connectivity index (χ2n) is 1.97. The van der Waals surface area contributed by atoms with E-state index >= 15 is 0 Å². The van der Waals surface area contributed by atoms with Crippen LogP contribution >= 0.6 is 0 Å². The first-order valence-corrected chi connectivity index (χ1v) is 2.99. The average Bonchev–Trinajstić information content (AvgIpc) is 1.87. The first-order chi connectivity index (χ1) is 4.72. The van der Waals surface area contributed by atoms with Crippen LogP contribution in [0.2, 0.25) is 0 Å². The fourth-order valence-corrected chi connectivity index (χ4v) is 0.615. The lowest BCUT2D eigenvalue weighted by atomic mass is 10.0. The number of carbonyl (C=O) groups is 1. The molecule has 0 fully saturated rings. The Kier molecular flexibility index (Phi) is 4.06. The summed E-state index contributed by atoms with van der Waals surface area (Å²) < 4.78 is 0. The Balaban J connectivity index is 3.86. The van der Waals surface area contributed by atoms with Crippen LogP contribution in [0.3, 0.4) is 0 Å². The number of aliphatic carboxylic acids is 1. The van der Waals surface area contributed by atoms with Gasteiger partial charge >= 0.3 is 5.97 Å². The topological polar surface area (TPSA) is 37.3 Å². The highest BCUT2D eigenvalue weighted by molar-refractivity contribution is 5.70. The molecular formula is C8H10O2. The van der Waals surface area contributed by atoms with E-state index in [9.17, 15) is 4.79 Å². The van der Waals surface area contributed by atoms with Gasteiger partial charge in [0.2, 0.25) is 0 Å². The minimum absolute atomic E-state index is 0.279. The molecule has 1 unspecified atom stereocenters. The van der Waals surface area contributed by atoms with Gasteiger partial charge < -0.3 is 5.11 Å². The second kappa shape index (κ2) is 4.63. The van der Waals surface area contributed by atoms with E-state index in [0.29, 0.717) is 6.42 Å². The Bertz CT molecular complexity index is 165. The molecule has 0 amide bonds. The van der Waals surface area contributed by atoms with Gasteiger partial charge in [0.25, 0.3) is 0 Å². The van der Waals surface area contributed by atoms with Gasteiger partial charge in [-0.2, -0.15) is 0 Å². The van der Waals surface area contributed by atoms with Gasteiger partial charge in [-0.15, -0.1) is 18.9 Å². The molecule has 0 aliphatic rings. The minimum Gasteiger partial charge on any atom is -0.481 e. The lowest BCUT2D eigenvalue weighted by Crippen LogP contribution is -2.11. The van der Waals surface area contributed by atoms with Gasteiger partial charge in [-0.1, -0.05) is 6.08 Å². The Morgan fingerprint density at radius 3 is 2.80 bits per heavy atom. The highest BCUT2D eigenvalue weighted by Crippen LogP contribution is 2.07. The molecule has 0 aromatic rings. The minimum atomic E-state index is -0.849. The van der Waals surface area contributed by atoms with Crippen molar-refractivity contribution in [2.24, 2.45) is 5.92 Å². The summed E-state index contributed by atoms with van der Waals surface area (Å²) in [4.78, 5) is 10.3. The maximum absolute atomic E-state index is 10.3. The standard InChI is InChI=1S/C8H10O2/c1-3-5-7(6-4-2)8(9)10/h1,4,7H,2,5-6H2,(H,9,10). The van der Waals surface area contributed by atoms with Crippen LogP contribution in [0.25, 0.3) is 0 Å². The van der Waals surface area contributed by atoms with E-state index in [1.807, 2.05) is 0 Å². The Labute approximate surface area is 60.6 Å². The fourth-order valence-electron chi connectivity index (χ4n) is 0.615. The molecule has 1 N–H and O–H groups in total. The highest BCUT2D eigenvalue weighted by atomic mass is 16.4. The van der Waals surface area contributed by atoms with Gasteiger partial charge in [0.15, 0.2) is 0 Å². The van der Waals surface area contributed by atoms with Crippen molar-refractivity contribution >= 4 is 5.97 Å². The van der Waals surface area contributed by atoms with Crippen molar-refractivity contribution < 1.29 is 9.90 Å². The number of rotatable bonds is 4. The van der Waals surface area contributed by atoms with Crippen molar-refractivity contribution in [3.8, 4) is 12.3 Å². The number of terminal acetylenes is 1. The summed E-state index contributed by atoms with van der Waals surface area (Å²) in [5.41, 5.74) is 0. The zero-order valence-corrected chi connectivity index (χ0v) is 5.71. The van der Waals surface area contributed by atoms with Crippen LogP contribution in [0.5, 0.6) is 0 Å². The molecule has 54 valence electrons. The van der Waals surface area contributed by atoms with Crippen LogP contribution in [0.15, 0.2) is 12.7 Å². The van der Waals surface area contributed by atoms with Crippen LogP contribution in [0.1, 0.15) is 12.8 Å². The van der Waals surface area contributed by atoms with Gasteiger partial charge in [0.1, 0.15) is 0 Å². The second-order valence-corrected chi connectivity index (χ2v) is 1.97. The maximum Gasteiger partial charge on any atom is 0.307 e. The summed E-state index contributed by atoms with van der Waals surface area (Å²) in [6.45, 7) is 3.43. The van der Waals surface area contributed by atoms with E-state index in [-0.39, 0.29) is 6.42 Å².